The highest BCUT2D eigenvalue weighted by atomic mass is 32.1. The SMILES string of the molecule is CCC(CC)c1nnc(NC(=O)[C@H]2CC(=O)N(CCc3c[nH]c4ccc(C)cc34)C2)s1. The van der Waals surface area contributed by atoms with Gasteiger partial charge in [0.05, 0.1) is 5.92 Å². The van der Waals surface area contributed by atoms with E-state index < -0.39 is 0 Å². The molecule has 1 atom stereocenters. The maximum absolute atomic E-state index is 12.7. The molecule has 1 fully saturated rings. The van der Waals surface area contributed by atoms with Gasteiger partial charge in [-0.3, -0.25) is 9.59 Å². The van der Waals surface area contributed by atoms with E-state index in [0.717, 1.165) is 29.8 Å². The lowest BCUT2D eigenvalue weighted by Gasteiger charge is -2.16. The minimum absolute atomic E-state index is 0.0335. The van der Waals surface area contributed by atoms with Crippen molar-refractivity contribution in [1.82, 2.24) is 20.1 Å². The third kappa shape index (κ3) is 4.63. The van der Waals surface area contributed by atoms with E-state index in [1.807, 2.05) is 6.20 Å². The molecule has 3 aromatic rings. The lowest BCUT2D eigenvalue weighted by molar-refractivity contribution is -0.128. The number of carbonyl (C=O) groups is 2. The van der Waals surface area contributed by atoms with Crippen LogP contribution in [0.25, 0.3) is 10.9 Å². The molecular formula is C23H29N5O2S. The van der Waals surface area contributed by atoms with Gasteiger partial charge in [0, 0.05) is 42.5 Å². The number of nitrogens with one attached hydrogen (secondary N) is 2. The zero-order valence-corrected chi connectivity index (χ0v) is 19.1. The summed E-state index contributed by atoms with van der Waals surface area (Å²) in [7, 11) is 0. The third-order valence-corrected chi connectivity index (χ3v) is 7.17. The molecule has 1 saturated heterocycles. The van der Waals surface area contributed by atoms with E-state index >= 15 is 0 Å². The zero-order valence-electron chi connectivity index (χ0n) is 18.3. The molecule has 0 radical (unpaired) electrons. The highest BCUT2D eigenvalue weighted by Gasteiger charge is 2.34. The van der Waals surface area contributed by atoms with Crippen LogP contribution in [0.5, 0.6) is 0 Å². The van der Waals surface area contributed by atoms with E-state index in [1.54, 1.807) is 4.90 Å². The summed E-state index contributed by atoms with van der Waals surface area (Å²) in [4.78, 5) is 30.3. The number of hydrogen-bond donors (Lipinski definition) is 2. The molecule has 0 saturated carbocycles. The average molecular weight is 440 g/mol. The van der Waals surface area contributed by atoms with Gasteiger partial charge in [-0.1, -0.05) is 36.8 Å². The molecular weight excluding hydrogens is 410 g/mol. The van der Waals surface area contributed by atoms with Gasteiger partial charge in [-0.25, -0.2) is 0 Å². The van der Waals surface area contributed by atoms with Crippen molar-refractivity contribution in [2.75, 3.05) is 18.4 Å². The third-order valence-electron chi connectivity index (χ3n) is 6.16. The Bertz CT molecular complexity index is 1080. The Morgan fingerprint density at radius 2 is 2.13 bits per heavy atom. The summed E-state index contributed by atoms with van der Waals surface area (Å²) in [5, 5.41) is 13.9. The second-order valence-corrected chi connectivity index (χ2v) is 9.31. The van der Waals surface area contributed by atoms with Crippen molar-refractivity contribution >= 4 is 39.2 Å². The predicted octanol–water partition coefficient (Wildman–Crippen LogP) is 4.26. The van der Waals surface area contributed by atoms with Gasteiger partial charge in [0.25, 0.3) is 0 Å². The molecule has 1 aliphatic rings. The largest absolute Gasteiger partial charge is 0.361 e. The summed E-state index contributed by atoms with van der Waals surface area (Å²) in [6.45, 7) is 7.40. The van der Waals surface area contributed by atoms with Gasteiger partial charge in [0.2, 0.25) is 16.9 Å². The second-order valence-electron chi connectivity index (χ2n) is 8.30. The number of anilines is 1. The molecule has 2 aromatic heterocycles. The molecule has 2 amide bonds. The van der Waals surface area contributed by atoms with Crippen LogP contribution in [-0.4, -0.2) is 45.0 Å². The Labute approximate surface area is 186 Å². The van der Waals surface area contributed by atoms with Crippen molar-refractivity contribution in [2.45, 2.75) is 52.4 Å². The maximum atomic E-state index is 12.7. The lowest BCUT2D eigenvalue weighted by Crippen LogP contribution is -2.30. The Morgan fingerprint density at radius 1 is 1.32 bits per heavy atom. The number of benzene rings is 1. The van der Waals surface area contributed by atoms with Crippen molar-refractivity contribution in [3.8, 4) is 0 Å². The number of rotatable bonds is 8. The monoisotopic (exact) mass is 439 g/mol. The topological polar surface area (TPSA) is 91.0 Å². The summed E-state index contributed by atoms with van der Waals surface area (Å²) in [5.41, 5.74) is 3.52. The van der Waals surface area contributed by atoms with Crippen LogP contribution in [0.3, 0.4) is 0 Å². The second kappa shape index (κ2) is 9.18. The Hall–Kier alpha value is -2.74. The molecule has 4 rings (SSSR count). The summed E-state index contributed by atoms with van der Waals surface area (Å²) in [6.07, 6.45) is 5.03. The van der Waals surface area contributed by atoms with Crippen LogP contribution in [-0.2, 0) is 16.0 Å². The van der Waals surface area contributed by atoms with Crippen molar-refractivity contribution in [3.05, 3.63) is 40.5 Å². The summed E-state index contributed by atoms with van der Waals surface area (Å²) in [5.74, 6) is -0.0878. The minimum atomic E-state index is -0.349. The number of amides is 2. The zero-order chi connectivity index (χ0) is 22.0. The van der Waals surface area contributed by atoms with Crippen molar-refractivity contribution in [2.24, 2.45) is 5.92 Å². The van der Waals surface area contributed by atoms with E-state index in [9.17, 15) is 9.59 Å². The number of H-pyrrole nitrogens is 1. The lowest BCUT2D eigenvalue weighted by atomic mass is 10.1. The fraction of sp³-hybridized carbons (Fsp3) is 0.478. The Balaban J connectivity index is 1.34. The van der Waals surface area contributed by atoms with E-state index in [0.29, 0.717) is 24.1 Å². The van der Waals surface area contributed by atoms with Gasteiger partial charge in [-0.15, -0.1) is 10.2 Å². The summed E-state index contributed by atoms with van der Waals surface area (Å²) in [6, 6.07) is 6.33. The molecule has 0 bridgehead atoms. The van der Waals surface area contributed by atoms with Crippen LogP contribution in [0.4, 0.5) is 5.13 Å². The number of fused-ring (bicyclic) bond motifs is 1. The molecule has 3 heterocycles. The van der Waals surface area contributed by atoms with Crippen LogP contribution in [0, 0.1) is 12.8 Å². The number of hydrogen-bond acceptors (Lipinski definition) is 5. The van der Waals surface area contributed by atoms with Crippen LogP contribution in [0.1, 0.15) is 55.2 Å². The van der Waals surface area contributed by atoms with Crippen LogP contribution in [0.15, 0.2) is 24.4 Å². The average Bonchev–Trinajstić information content (AvgIpc) is 3.46. The number of nitrogens with zero attached hydrogens (tertiary/aromatic N) is 3. The smallest absolute Gasteiger partial charge is 0.231 e. The molecule has 7 nitrogen and oxygen atoms in total. The highest BCUT2D eigenvalue weighted by Crippen LogP contribution is 2.29. The van der Waals surface area contributed by atoms with E-state index in [-0.39, 0.29) is 24.2 Å². The molecule has 1 aromatic carbocycles. The van der Waals surface area contributed by atoms with Gasteiger partial charge in [-0.05, 0) is 43.9 Å². The molecule has 31 heavy (non-hydrogen) atoms. The normalized spacial score (nSPS) is 16.6. The molecule has 0 aliphatic carbocycles. The van der Waals surface area contributed by atoms with Crippen molar-refractivity contribution in [3.63, 3.8) is 0 Å². The van der Waals surface area contributed by atoms with Gasteiger partial charge in [0.15, 0.2) is 0 Å². The first-order valence-electron chi connectivity index (χ1n) is 11.0. The van der Waals surface area contributed by atoms with Crippen LogP contribution in [0.2, 0.25) is 0 Å². The first kappa shape index (κ1) is 21.5. The first-order valence-corrected chi connectivity index (χ1v) is 11.8. The quantitative estimate of drug-likeness (QED) is 0.549. The van der Waals surface area contributed by atoms with Gasteiger partial charge in [-0.2, -0.15) is 0 Å². The Morgan fingerprint density at radius 3 is 2.90 bits per heavy atom. The van der Waals surface area contributed by atoms with E-state index in [4.69, 9.17) is 0 Å². The number of aromatic amines is 1. The highest BCUT2D eigenvalue weighted by molar-refractivity contribution is 7.15. The first-order chi connectivity index (χ1) is 15.0. The van der Waals surface area contributed by atoms with Gasteiger partial charge >= 0.3 is 0 Å². The number of aromatic nitrogens is 3. The van der Waals surface area contributed by atoms with Crippen molar-refractivity contribution in [1.29, 1.82) is 0 Å². The molecule has 164 valence electrons. The van der Waals surface area contributed by atoms with Gasteiger partial charge in [0.1, 0.15) is 5.01 Å². The fourth-order valence-electron chi connectivity index (χ4n) is 4.21. The number of carbonyl (C=O) groups excluding carboxylic acids is 2. The van der Waals surface area contributed by atoms with E-state index in [2.05, 4.69) is 59.5 Å². The molecule has 2 N–H and O–H groups in total. The van der Waals surface area contributed by atoms with Crippen LogP contribution >= 0.6 is 11.3 Å². The molecule has 0 unspecified atom stereocenters. The standard InChI is InChI=1S/C23H29N5O2S/c1-4-15(5-2)22-26-27-23(31-22)25-21(30)17-11-20(29)28(13-17)9-8-16-12-24-19-7-6-14(3)10-18(16)19/h6-7,10,12,15,17,24H,4-5,8-9,11,13H2,1-3H3,(H,25,27,30)/t17-/m0/s1. The van der Waals surface area contributed by atoms with Crippen LogP contribution < -0.4 is 5.32 Å². The fourth-order valence-corrected chi connectivity index (χ4v) is 5.23. The van der Waals surface area contributed by atoms with E-state index in [1.165, 1.54) is 27.8 Å². The predicted molar refractivity (Wildman–Crippen MR) is 123 cm³/mol. The number of likely N-dealkylation sites (tertiary alicyclic amines) is 1. The molecule has 1 aliphatic heterocycles. The summed E-state index contributed by atoms with van der Waals surface area (Å²) >= 11 is 1.43. The molecule has 0 spiro atoms. The maximum Gasteiger partial charge on any atom is 0.231 e. The van der Waals surface area contributed by atoms with Crippen molar-refractivity contribution < 1.29 is 9.59 Å². The summed E-state index contributed by atoms with van der Waals surface area (Å²) < 4.78 is 0. The minimum Gasteiger partial charge on any atom is -0.361 e. The Kier molecular flexibility index (Phi) is 6.36. The molecule has 8 heteroatoms. The number of aryl methyl sites for hydroxylation is 1. The van der Waals surface area contributed by atoms with Gasteiger partial charge < -0.3 is 15.2 Å².